The van der Waals surface area contributed by atoms with Crippen LogP contribution in [0.4, 0.5) is 16.7 Å². The van der Waals surface area contributed by atoms with Gasteiger partial charge in [0.1, 0.15) is 23.7 Å². The number of aromatic nitrogens is 4. The molecule has 1 aliphatic rings. The fourth-order valence-corrected chi connectivity index (χ4v) is 4.70. The van der Waals surface area contributed by atoms with Crippen molar-refractivity contribution in [3.63, 3.8) is 0 Å². The van der Waals surface area contributed by atoms with Crippen molar-refractivity contribution in [3.8, 4) is 5.75 Å². The van der Waals surface area contributed by atoms with Crippen LogP contribution in [0, 0.1) is 6.92 Å². The highest BCUT2D eigenvalue weighted by molar-refractivity contribution is 6.32. The molecule has 0 saturated carbocycles. The van der Waals surface area contributed by atoms with Crippen LogP contribution >= 0.6 is 11.6 Å². The molecule has 1 fully saturated rings. The maximum Gasteiger partial charge on any atom is 0.417 e. The first-order valence-corrected chi connectivity index (χ1v) is 12.0. The van der Waals surface area contributed by atoms with Gasteiger partial charge in [-0.25, -0.2) is 9.69 Å². The number of hydrogen-bond donors (Lipinski definition) is 2. The van der Waals surface area contributed by atoms with Crippen molar-refractivity contribution in [2.24, 2.45) is 0 Å². The smallest absolute Gasteiger partial charge is 0.417 e. The number of cyclic esters (lactones) is 1. The summed E-state index contributed by atoms with van der Waals surface area (Å²) >= 11 is 6.28. The number of anilines is 2. The number of benzene rings is 2. The van der Waals surface area contributed by atoms with Gasteiger partial charge in [0.2, 0.25) is 11.9 Å². The number of ether oxygens (including phenoxy) is 2. The standard InChI is InChI=1S/C26H25ClN6O4/c1-14(18-10-16-11-19(27)21(36-4)12-20(16)31-22(18)34)28-23-29-15(2)30-24(32-23)33-25(35)37-13-26(33,3)17-8-6-5-7-9-17/h5-12,14H,13H2,1-4H3,(H,31,34)(H,28,29,30,32)/t14-,26-/m0/s1. The number of pyridine rings is 1. The summed E-state index contributed by atoms with van der Waals surface area (Å²) in [5.74, 6) is 1.25. The van der Waals surface area contributed by atoms with E-state index in [1.165, 1.54) is 12.0 Å². The first kappa shape index (κ1) is 24.5. The summed E-state index contributed by atoms with van der Waals surface area (Å²) < 4.78 is 10.6. The molecular weight excluding hydrogens is 496 g/mol. The van der Waals surface area contributed by atoms with Crippen molar-refractivity contribution in [2.75, 3.05) is 23.9 Å². The van der Waals surface area contributed by atoms with E-state index in [9.17, 15) is 9.59 Å². The van der Waals surface area contributed by atoms with Crippen LogP contribution in [0.1, 0.15) is 36.8 Å². The number of carbonyl (C=O) groups is 1. The minimum absolute atomic E-state index is 0.152. The summed E-state index contributed by atoms with van der Waals surface area (Å²) in [7, 11) is 1.51. The minimum atomic E-state index is -0.801. The largest absolute Gasteiger partial charge is 0.495 e. The van der Waals surface area contributed by atoms with E-state index in [-0.39, 0.29) is 24.1 Å². The molecule has 2 N–H and O–H groups in total. The number of H-pyrrole nitrogens is 1. The van der Waals surface area contributed by atoms with E-state index in [0.29, 0.717) is 27.7 Å². The average molecular weight is 521 g/mol. The van der Waals surface area contributed by atoms with Gasteiger partial charge in [0.15, 0.2) is 0 Å². The highest BCUT2D eigenvalue weighted by Crippen LogP contribution is 2.37. The van der Waals surface area contributed by atoms with Crippen molar-refractivity contribution in [1.29, 1.82) is 0 Å². The van der Waals surface area contributed by atoms with Crippen molar-refractivity contribution in [3.05, 3.63) is 80.9 Å². The fourth-order valence-electron chi connectivity index (χ4n) is 4.45. The lowest BCUT2D eigenvalue weighted by molar-refractivity contribution is 0.174. The number of aromatic amines is 1. The second kappa shape index (κ2) is 9.36. The van der Waals surface area contributed by atoms with Crippen molar-refractivity contribution >= 4 is 40.5 Å². The van der Waals surface area contributed by atoms with E-state index in [4.69, 9.17) is 21.1 Å². The number of amides is 1. The summed E-state index contributed by atoms with van der Waals surface area (Å²) in [6.07, 6.45) is -0.547. The third kappa shape index (κ3) is 4.44. The monoisotopic (exact) mass is 520 g/mol. The number of hydrogen-bond acceptors (Lipinski definition) is 8. The minimum Gasteiger partial charge on any atom is -0.495 e. The summed E-state index contributed by atoms with van der Waals surface area (Å²) in [6, 6.07) is 14.3. The van der Waals surface area contributed by atoms with Gasteiger partial charge < -0.3 is 19.8 Å². The molecule has 2 aromatic heterocycles. The maximum absolute atomic E-state index is 12.9. The van der Waals surface area contributed by atoms with Gasteiger partial charge in [-0.2, -0.15) is 15.0 Å². The first-order valence-electron chi connectivity index (χ1n) is 11.6. The molecule has 1 amide bonds. The van der Waals surface area contributed by atoms with E-state index in [1.807, 2.05) is 44.2 Å². The van der Waals surface area contributed by atoms with Crippen LogP contribution in [0.25, 0.3) is 10.9 Å². The van der Waals surface area contributed by atoms with E-state index >= 15 is 0 Å². The van der Waals surface area contributed by atoms with Gasteiger partial charge in [-0.15, -0.1) is 0 Å². The Hall–Kier alpha value is -4.18. The molecular formula is C26H25ClN6O4. The third-order valence-electron chi connectivity index (χ3n) is 6.44. The molecule has 2 atom stereocenters. The summed E-state index contributed by atoms with van der Waals surface area (Å²) in [4.78, 5) is 43.3. The number of nitrogens with one attached hydrogen (secondary N) is 2. The predicted octanol–water partition coefficient (Wildman–Crippen LogP) is 4.73. The molecule has 10 nitrogen and oxygen atoms in total. The summed E-state index contributed by atoms with van der Waals surface area (Å²) in [5, 5.41) is 4.35. The molecule has 2 aromatic carbocycles. The lowest BCUT2D eigenvalue weighted by atomic mass is 9.92. The van der Waals surface area contributed by atoms with Gasteiger partial charge in [0.05, 0.1) is 23.7 Å². The molecule has 0 radical (unpaired) electrons. The Balaban J connectivity index is 1.48. The maximum atomic E-state index is 12.9. The Bertz CT molecular complexity index is 1560. The molecule has 1 aliphatic heterocycles. The molecule has 37 heavy (non-hydrogen) atoms. The normalized spacial score (nSPS) is 18.1. The summed E-state index contributed by atoms with van der Waals surface area (Å²) in [5.41, 5.74) is 0.879. The van der Waals surface area contributed by atoms with Crippen molar-refractivity contribution in [1.82, 2.24) is 19.9 Å². The fraction of sp³-hybridized carbons (Fsp3) is 0.269. The molecule has 1 saturated heterocycles. The van der Waals surface area contributed by atoms with Gasteiger partial charge in [0, 0.05) is 17.0 Å². The van der Waals surface area contributed by atoms with Crippen LogP contribution in [0.2, 0.25) is 5.02 Å². The summed E-state index contributed by atoms with van der Waals surface area (Å²) in [6.45, 7) is 5.58. The molecule has 11 heteroatoms. The van der Waals surface area contributed by atoms with Crippen molar-refractivity contribution in [2.45, 2.75) is 32.4 Å². The number of halogens is 1. The zero-order chi connectivity index (χ0) is 26.3. The molecule has 0 bridgehead atoms. The number of methoxy groups -OCH3 is 1. The van der Waals surface area contributed by atoms with Crippen LogP contribution in [0.3, 0.4) is 0 Å². The quantitative estimate of drug-likeness (QED) is 0.374. The Labute approximate surface area is 217 Å². The van der Waals surface area contributed by atoms with Gasteiger partial charge in [0.25, 0.3) is 5.56 Å². The number of rotatable bonds is 6. The molecule has 3 heterocycles. The number of fused-ring (bicyclic) bond motifs is 1. The van der Waals surface area contributed by atoms with Gasteiger partial charge in [-0.1, -0.05) is 41.9 Å². The van der Waals surface area contributed by atoms with Crippen LogP contribution in [-0.2, 0) is 10.3 Å². The third-order valence-corrected chi connectivity index (χ3v) is 6.74. The average Bonchev–Trinajstić information content (AvgIpc) is 3.18. The Morgan fingerprint density at radius 3 is 2.65 bits per heavy atom. The van der Waals surface area contributed by atoms with Crippen molar-refractivity contribution < 1.29 is 14.3 Å². The highest BCUT2D eigenvalue weighted by atomic mass is 35.5. The van der Waals surface area contributed by atoms with Gasteiger partial charge in [-0.05, 0) is 38.5 Å². The first-order chi connectivity index (χ1) is 17.7. The molecule has 5 rings (SSSR count). The zero-order valence-corrected chi connectivity index (χ0v) is 21.5. The molecule has 4 aromatic rings. The second-order valence-electron chi connectivity index (χ2n) is 9.03. The molecule has 190 valence electrons. The topological polar surface area (TPSA) is 122 Å². The van der Waals surface area contributed by atoms with Gasteiger partial charge in [-0.3, -0.25) is 4.79 Å². The van der Waals surface area contributed by atoms with Crippen LogP contribution in [-0.4, -0.2) is 39.7 Å². The van der Waals surface area contributed by atoms with Crippen LogP contribution < -0.4 is 20.5 Å². The highest BCUT2D eigenvalue weighted by Gasteiger charge is 2.47. The molecule has 0 unspecified atom stereocenters. The number of carbonyl (C=O) groups excluding carboxylic acids is 1. The Morgan fingerprint density at radius 1 is 1.16 bits per heavy atom. The van der Waals surface area contributed by atoms with Gasteiger partial charge >= 0.3 is 6.09 Å². The van der Waals surface area contributed by atoms with E-state index in [1.54, 1.807) is 25.1 Å². The number of nitrogens with zero attached hydrogens (tertiary/aromatic N) is 4. The lowest BCUT2D eigenvalue weighted by Gasteiger charge is -2.30. The molecule has 0 spiro atoms. The van der Waals surface area contributed by atoms with E-state index in [2.05, 4.69) is 25.3 Å². The Morgan fingerprint density at radius 2 is 1.92 bits per heavy atom. The van der Waals surface area contributed by atoms with Crippen LogP contribution in [0.15, 0.2) is 53.3 Å². The van der Waals surface area contributed by atoms with Crippen LogP contribution in [0.5, 0.6) is 5.75 Å². The predicted molar refractivity (Wildman–Crippen MR) is 140 cm³/mol. The Kier molecular flexibility index (Phi) is 6.20. The second-order valence-corrected chi connectivity index (χ2v) is 9.44. The number of aryl methyl sites for hydroxylation is 1. The van der Waals surface area contributed by atoms with E-state index < -0.39 is 17.7 Å². The van der Waals surface area contributed by atoms with E-state index in [0.717, 1.165) is 10.9 Å². The zero-order valence-electron chi connectivity index (χ0n) is 20.7. The SMILES string of the molecule is COc1cc2[nH]c(=O)c([C@H](C)Nc3nc(C)nc(N4C(=O)OC[C@@]4(C)c4ccccc4)n3)cc2cc1Cl. The molecule has 0 aliphatic carbocycles. The lowest BCUT2D eigenvalue weighted by Crippen LogP contribution is -2.43.